The Bertz CT molecular complexity index is 570. The SMILES string of the molecule is CC(C)(C)c1ccc(C(=O)NC2CCN(C(=O)CCCl)CC2)cc1. The Labute approximate surface area is 149 Å². The Kier molecular flexibility index (Phi) is 6.27. The number of hydrogen-bond acceptors (Lipinski definition) is 2. The zero-order chi connectivity index (χ0) is 17.7. The number of alkyl halides is 1. The maximum atomic E-state index is 12.4. The predicted octanol–water partition coefficient (Wildman–Crippen LogP) is 3.33. The lowest BCUT2D eigenvalue weighted by atomic mass is 9.86. The van der Waals surface area contributed by atoms with E-state index >= 15 is 0 Å². The standard InChI is InChI=1S/C19H27ClN2O2/c1-19(2,3)15-6-4-14(5-7-15)18(24)21-16-9-12-22(13-10-16)17(23)8-11-20/h4-7,16H,8-13H2,1-3H3,(H,21,24). The van der Waals surface area contributed by atoms with Gasteiger partial charge in [-0.15, -0.1) is 11.6 Å². The molecule has 1 aromatic carbocycles. The fraction of sp³-hybridized carbons (Fsp3) is 0.579. The van der Waals surface area contributed by atoms with Crippen molar-refractivity contribution in [3.05, 3.63) is 35.4 Å². The number of amides is 2. The molecule has 0 saturated carbocycles. The summed E-state index contributed by atoms with van der Waals surface area (Å²) < 4.78 is 0. The number of benzene rings is 1. The summed E-state index contributed by atoms with van der Waals surface area (Å²) >= 11 is 5.62. The molecule has 5 heteroatoms. The van der Waals surface area contributed by atoms with Crippen molar-refractivity contribution in [3.63, 3.8) is 0 Å². The number of likely N-dealkylation sites (tertiary alicyclic amines) is 1. The fourth-order valence-electron chi connectivity index (χ4n) is 2.90. The minimum Gasteiger partial charge on any atom is -0.349 e. The van der Waals surface area contributed by atoms with E-state index < -0.39 is 0 Å². The minimum absolute atomic E-state index is 0.0407. The van der Waals surface area contributed by atoms with Crippen LogP contribution in [0.15, 0.2) is 24.3 Å². The maximum Gasteiger partial charge on any atom is 0.251 e. The number of hydrogen-bond donors (Lipinski definition) is 1. The summed E-state index contributed by atoms with van der Waals surface area (Å²) in [6.45, 7) is 7.83. The highest BCUT2D eigenvalue weighted by atomic mass is 35.5. The van der Waals surface area contributed by atoms with Crippen LogP contribution in [0, 0.1) is 0 Å². The summed E-state index contributed by atoms with van der Waals surface area (Å²) in [6.07, 6.45) is 1.97. The summed E-state index contributed by atoms with van der Waals surface area (Å²) in [4.78, 5) is 26.0. The van der Waals surface area contributed by atoms with E-state index in [4.69, 9.17) is 11.6 Å². The fourth-order valence-corrected chi connectivity index (χ4v) is 3.06. The van der Waals surface area contributed by atoms with Crippen LogP contribution in [0.5, 0.6) is 0 Å². The smallest absolute Gasteiger partial charge is 0.251 e. The van der Waals surface area contributed by atoms with Gasteiger partial charge in [-0.2, -0.15) is 0 Å². The van der Waals surface area contributed by atoms with E-state index in [2.05, 4.69) is 26.1 Å². The largest absolute Gasteiger partial charge is 0.349 e. The highest BCUT2D eigenvalue weighted by Gasteiger charge is 2.24. The van der Waals surface area contributed by atoms with Crippen LogP contribution in [0.25, 0.3) is 0 Å². The van der Waals surface area contributed by atoms with Crippen molar-refractivity contribution in [2.75, 3.05) is 19.0 Å². The van der Waals surface area contributed by atoms with Crippen LogP contribution in [0.2, 0.25) is 0 Å². The summed E-state index contributed by atoms with van der Waals surface area (Å²) in [7, 11) is 0. The molecule has 0 aromatic heterocycles. The van der Waals surface area contributed by atoms with Crippen molar-refractivity contribution in [3.8, 4) is 0 Å². The molecule has 1 aliphatic rings. The summed E-state index contributed by atoms with van der Waals surface area (Å²) in [5.74, 6) is 0.425. The first-order valence-electron chi connectivity index (χ1n) is 8.56. The molecule has 0 aliphatic carbocycles. The van der Waals surface area contributed by atoms with Crippen LogP contribution >= 0.6 is 11.6 Å². The van der Waals surface area contributed by atoms with Gasteiger partial charge in [0, 0.05) is 37.0 Å². The second kappa shape index (κ2) is 8.02. The molecule has 1 fully saturated rings. The van der Waals surface area contributed by atoms with Crippen LogP contribution in [0.1, 0.15) is 56.0 Å². The van der Waals surface area contributed by atoms with E-state index in [-0.39, 0.29) is 23.3 Å². The highest BCUT2D eigenvalue weighted by molar-refractivity contribution is 6.18. The van der Waals surface area contributed by atoms with Crippen molar-refractivity contribution in [2.45, 2.75) is 51.5 Å². The van der Waals surface area contributed by atoms with Gasteiger partial charge >= 0.3 is 0 Å². The lowest BCUT2D eigenvalue weighted by Gasteiger charge is -2.32. The highest BCUT2D eigenvalue weighted by Crippen LogP contribution is 2.22. The summed E-state index contributed by atoms with van der Waals surface area (Å²) in [5, 5.41) is 3.08. The first-order chi connectivity index (χ1) is 11.3. The van der Waals surface area contributed by atoms with Gasteiger partial charge in [-0.3, -0.25) is 9.59 Å². The Morgan fingerprint density at radius 1 is 1.17 bits per heavy atom. The van der Waals surface area contributed by atoms with E-state index in [0.717, 1.165) is 12.8 Å². The van der Waals surface area contributed by atoms with Gasteiger partial charge in [0.2, 0.25) is 5.91 Å². The number of carbonyl (C=O) groups is 2. The van der Waals surface area contributed by atoms with Crippen molar-refractivity contribution >= 4 is 23.4 Å². The molecule has 0 bridgehead atoms. The maximum absolute atomic E-state index is 12.4. The molecular weight excluding hydrogens is 324 g/mol. The van der Waals surface area contributed by atoms with Gasteiger partial charge in [0.25, 0.3) is 5.91 Å². The number of rotatable bonds is 4. The van der Waals surface area contributed by atoms with Crippen LogP contribution < -0.4 is 5.32 Å². The normalized spacial score (nSPS) is 16.1. The molecule has 2 amide bonds. The molecule has 4 nitrogen and oxygen atoms in total. The average molecular weight is 351 g/mol. The molecule has 1 aromatic rings. The van der Waals surface area contributed by atoms with E-state index in [1.807, 2.05) is 29.2 Å². The second-order valence-corrected chi connectivity index (χ2v) is 7.77. The molecule has 0 radical (unpaired) electrons. The third kappa shape index (κ3) is 4.97. The number of carbonyl (C=O) groups excluding carboxylic acids is 2. The van der Waals surface area contributed by atoms with Crippen LogP contribution in [0.3, 0.4) is 0 Å². The van der Waals surface area contributed by atoms with Crippen LogP contribution in [0.4, 0.5) is 0 Å². The number of nitrogens with one attached hydrogen (secondary N) is 1. The third-order valence-electron chi connectivity index (χ3n) is 4.50. The molecule has 1 N–H and O–H groups in total. The minimum atomic E-state index is -0.0407. The van der Waals surface area contributed by atoms with E-state index in [1.54, 1.807) is 0 Å². The quantitative estimate of drug-likeness (QED) is 0.847. The molecule has 132 valence electrons. The number of nitrogens with zero attached hydrogens (tertiary/aromatic N) is 1. The average Bonchev–Trinajstić information content (AvgIpc) is 2.55. The molecule has 2 rings (SSSR count). The molecular formula is C19H27ClN2O2. The van der Waals surface area contributed by atoms with E-state index in [1.165, 1.54) is 5.56 Å². The van der Waals surface area contributed by atoms with Crippen molar-refractivity contribution in [1.29, 1.82) is 0 Å². The molecule has 1 heterocycles. The van der Waals surface area contributed by atoms with Gasteiger partial charge < -0.3 is 10.2 Å². The molecule has 0 unspecified atom stereocenters. The number of halogens is 1. The monoisotopic (exact) mass is 350 g/mol. The van der Waals surface area contributed by atoms with Gasteiger partial charge in [0.15, 0.2) is 0 Å². The zero-order valence-corrected chi connectivity index (χ0v) is 15.5. The predicted molar refractivity (Wildman–Crippen MR) is 97.5 cm³/mol. The first kappa shape index (κ1) is 18.8. The van der Waals surface area contributed by atoms with Gasteiger partial charge in [-0.05, 0) is 36.0 Å². The third-order valence-corrected chi connectivity index (χ3v) is 4.69. The lowest BCUT2D eigenvalue weighted by molar-refractivity contribution is -0.131. The number of piperidine rings is 1. The molecule has 0 atom stereocenters. The van der Waals surface area contributed by atoms with Gasteiger partial charge in [0.1, 0.15) is 0 Å². The van der Waals surface area contributed by atoms with E-state index in [9.17, 15) is 9.59 Å². The van der Waals surface area contributed by atoms with Gasteiger partial charge in [-0.1, -0.05) is 32.9 Å². The molecule has 24 heavy (non-hydrogen) atoms. The van der Waals surface area contributed by atoms with Crippen molar-refractivity contribution in [2.24, 2.45) is 0 Å². The first-order valence-corrected chi connectivity index (χ1v) is 9.10. The molecule has 1 saturated heterocycles. The zero-order valence-electron chi connectivity index (χ0n) is 14.8. The van der Waals surface area contributed by atoms with Crippen LogP contribution in [-0.4, -0.2) is 41.7 Å². The Hall–Kier alpha value is -1.55. The van der Waals surface area contributed by atoms with Crippen molar-refractivity contribution < 1.29 is 9.59 Å². The Morgan fingerprint density at radius 3 is 2.25 bits per heavy atom. The molecule has 1 aliphatic heterocycles. The topological polar surface area (TPSA) is 49.4 Å². The Balaban J connectivity index is 1.86. The molecule has 0 spiro atoms. The summed E-state index contributed by atoms with van der Waals surface area (Å²) in [5.41, 5.74) is 1.98. The van der Waals surface area contributed by atoms with Gasteiger partial charge in [-0.25, -0.2) is 0 Å². The van der Waals surface area contributed by atoms with Crippen LogP contribution in [-0.2, 0) is 10.2 Å². The van der Waals surface area contributed by atoms with E-state index in [0.29, 0.717) is 31.0 Å². The second-order valence-electron chi connectivity index (χ2n) is 7.39. The lowest BCUT2D eigenvalue weighted by Crippen LogP contribution is -2.46. The Morgan fingerprint density at radius 2 is 1.75 bits per heavy atom. The van der Waals surface area contributed by atoms with Gasteiger partial charge in [0.05, 0.1) is 0 Å². The summed E-state index contributed by atoms with van der Waals surface area (Å²) in [6, 6.07) is 7.93. The van der Waals surface area contributed by atoms with Crippen molar-refractivity contribution in [1.82, 2.24) is 10.2 Å².